The third kappa shape index (κ3) is 3.84. The van der Waals surface area contributed by atoms with Gasteiger partial charge >= 0.3 is 0 Å². The SMILES string of the molecule is CC(C)(C)c1ccc(C(=O)NCC(=O)N2Cc3cncnc3C2)cc1. The molecule has 3 rings (SSSR count). The summed E-state index contributed by atoms with van der Waals surface area (Å²) >= 11 is 0. The van der Waals surface area contributed by atoms with Gasteiger partial charge in [0.05, 0.1) is 18.8 Å². The number of hydrogen-bond donors (Lipinski definition) is 1. The van der Waals surface area contributed by atoms with Gasteiger partial charge < -0.3 is 10.2 Å². The lowest BCUT2D eigenvalue weighted by molar-refractivity contribution is -0.130. The van der Waals surface area contributed by atoms with E-state index in [2.05, 4.69) is 36.1 Å². The maximum atomic E-state index is 12.3. The second kappa shape index (κ2) is 6.63. The van der Waals surface area contributed by atoms with Gasteiger partial charge in [-0.05, 0) is 23.1 Å². The zero-order valence-electron chi connectivity index (χ0n) is 14.7. The molecule has 0 bridgehead atoms. The van der Waals surface area contributed by atoms with Crippen molar-refractivity contribution in [2.24, 2.45) is 0 Å². The minimum atomic E-state index is -0.245. The number of rotatable bonds is 3. The van der Waals surface area contributed by atoms with Crippen LogP contribution in [-0.4, -0.2) is 33.2 Å². The quantitative estimate of drug-likeness (QED) is 0.929. The summed E-state index contributed by atoms with van der Waals surface area (Å²) in [6, 6.07) is 7.49. The molecule has 2 aromatic rings. The summed E-state index contributed by atoms with van der Waals surface area (Å²) in [6.45, 7) is 7.30. The van der Waals surface area contributed by atoms with Crippen molar-refractivity contribution in [3.05, 3.63) is 59.2 Å². The number of fused-ring (bicyclic) bond motifs is 1. The Morgan fingerprint density at radius 2 is 1.88 bits per heavy atom. The summed E-state index contributed by atoms with van der Waals surface area (Å²) in [5.74, 6) is -0.372. The van der Waals surface area contributed by atoms with Crippen molar-refractivity contribution in [1.29, 1.82) is 0 Å². The topological polar surface area (TPSA) is 75.2 Å². The summed E-state index contributed by atoms with van der Waals surface area (Å²) in [5.41, 5.74) is 3.58. The van der Waals surface area contributed by atoms with Gasteiger partial charge in [-0.1, -0.05) is 32.9 Å². The van der Waals surface area contributed by atoms with Crippen molar-refractivity contribution in [1.82, 2.24) is 20.2 Å². The van der Waals surface area contributed by atoms with Crippen LogP contribution in [0.5, 0.6) is 0 Å². The molecule has 25 heavy (non-hydrogen) atoms. The Hall–Kier alpha value is -2.76. The molecule has 0 unspecified atom stereocenters. The van der Waals surface area contributed by atoms with E-state index >= 15 is 0 Å². The largest absolute Gasteiger partial charge is 0.343 e. The fraction of sp³-hybridized carbons (Fsp3) is 0.368. The Labute approximate surface area is 147 Å². The van der Waals surface area contributed by atoms with Crippen molar-refractivity contribution >= 4 is 11.8 Å². The number of amides is 2. The molecule has 0 aliphatic carbocycles. The summed E-state index contributed by atoms with van der Waals surface area (Å²) in [5, 5.41) is 2.69. The van der Waals surface area contributed by atoms with E-state index in [9.17, 15) is 9.59 Å². The van der Waals surface area contributed by atoms with Gasteiger partial charge in [-0.3, -0.25) is 9.59 Å². The molecule has 1 aliphatic rings. The molecule has 130 valence electrons. The van der Waals surface area contributed by atoms with E-state index in [1.807, 2.05) is 12.1 Å². The molecule has 0 saturated carbocycles. The van der Waals surface area contributed by atoms with Crippen LogP contribution in [0.1, 0.15) is 48.0 Å². The predicted octanol–water partition coefficient (Wildman–Crippen LogP) is 2.05. The molecule has 1 aromatic heterocycles. The Kier molecular flexibility index (Phi) is 4.53. The van der Waals surface area contributed by atoms with E-state index in [0.717, 1.165) is 16.8 Å². The predicted molar refractivity (Wildman–Crippen MR) is 93.8 cm³/mol. The molecule has 6 nitrogen and oxygen atoms in total. The molecule has 0 saturated heterocycles. The van der Waals surface area contributed by atoms with Gasteiger partial charge in [0, 0.05) is 23.9 Å². The van der Waals surface area contributed by atoms with Crippen molar-refractivity contribution in [3.8, 4) is 0 Å². The monoisotopic (exact) mass is 338 g/mol. The van der Waals surface area contributed by atoms with Gasteiger partial charge in [-0.25, -0.2) is 9.97 Å². The number of hydrogen-bond acceptors (Lipinski definition) is 4. The Morgan fingerprint density at radius 3 is 2.52 bits per heavy atom. The first kappa shape index (κ1) is 17.1. The van der Waals surface area contributed by atoms with E-state index in [0.29, 0.717) is 18.7 Å². The summed E-state index contributed by atoms with van der Waals surface area (Å²) < 4.78 is 0. The molecule has 0 spiro atoms. The second-order valence-electron chi connectivity index (χ2n) is 7.25. The average molecular weight is 338 g/mol. The molecule has 1 N–H and O–H groups in total. The fourth-order valence-corrected chi connectivity index (χ4v) is 2.77. The molecule has 1 aliphatic heterocycles. The molecule has 0 radical (unpaired) electrons. The Morgan fingerprint density at radius 1 is 1.16 bits per heavy atom. The lowest BCUT2D eigenvalue weighted by Gasteiger charge is -2.19. The number of benzene rings is 1. The summed E-state index contributed by atoms with van der Waals surface area (Å²) in [4.78, 5) is 34.3. The maximum absolute atomic E-state index is 12.3. The minimum absolute atomic E-state index is 0.0265. The molecular weight excluding hydrogens is 316 g/mol. The smallest absolute Gasteiger partial charge is 0.251 e. The van der Waals surface area contributed by atoms with Gasteiger partial charge in [-0.15, -0.1) is 0 Å². The third-order valence-electron chi connectivity index (χ3n) is 4.35. The van der Waals surface area contributed by atoms with Crippen LogP contribution in [0.15, 0.2) is 36.8 Å². The van der Waals surface area contributed by atoms with Gasteiger partial charge in [0.1, 0.15) is 6.33 Å². The van der Waals surface area contributed by atoms with Crippen LogP contribution in [0.4, 0.5) is 0 Å². The van der Waals surface area contributed by atoms with Crippen LogP contribution in [0.25, 0.3) is 0 Å². The van der Waals surface area contributed by atoms with Gasteiger partial charge in [-0.2, -0.15) is 0 Å². The first-order valence-electron chi connectivity index (χ1n) is 8.29. The Balaban J connectivity index is 1.55. The zero-order chi connectivity index (χ0) is 18.0. The highest BCUT2D eigenvalue weighted by Gasteiger charge is 2.24. The lowest BCUT2D eigenvalue weighted by Crippen LogP contribution is -2.37. The number of nitrogens with one attached hydrogen (secondary N) is 1. The number of aromatic nitrogens is 2. The van der Waals surface area contributed by atoms with Crippen molar-refractivity contribution < 1.29 is 9.59 Å². The summed E-state index contributed by atoms with van der Waals surface area (Å²) in [7, 11) is 0. The molecular formula is C19H22N4O2. The third-order valence-corrected chi connectivity index (χ3v) is 4.35. The normalized spacial score (nSPS) is 13.5. The van der Waals surface area contributed by atoms with Crippen LogP contribution in [0.2, 0.25) is 0 Å². The molecule has 0 fully saturated rings. The molecule has 6 heteroatoms. The lowest BCUT2D eigenvalue weighted by atomic mass is 9.87. The zero-order valence-corrected chi connectivity index (χ0v) is 14.7. The van der Waals surface area contributed by atoms with E-state index in [1.165, 1.54) is 6.33 Å². The van der Waals surface area contributed by atoms with E-state index in [-0.39, 0.29) is 23.8 Å². The van der Waals surface area contributed by atoms with Gasteiger partial charge in [0.25, 0.3) is 5.91 Å². The summed E-state index contributed by atoms with van der Waals surface area (Å²) in [6.07, 6.45) is 3.21. The van der Waals surface area contributed by atoms with Crippen LogP contribution in [0.3, 0.4) is 0 Å². The van der Waals surface area contributed by atoms with Crippen molar-refractivity contribution in [2.75, 3.05) is 6.54 Å². The Bertz CT molecular complexity index is 769. The second-order valence-corrected chi connectivity index (χ2v) is 7.25. The van der Waals surface area contributed by atoms with Crippen molar-refractivity contribution in [2.45, 2.75) is 39.3 Å². The minimum Gasteiger partial charge on any atom is -0.343 e. The van der Waals surface area contributed by atoms with Crippen LogP contribution in [0, 0.1) is 0 Å². The number of carbonyl (C=O) groups is 2. The van der Waals surface area contributed by atoms with Crippen molar-refractivity contribution in [3.63, 3.8) is 0 Å². The number of nitrogens with zero attached hydrogens (tertiary/aromatic N) is 3. The first-order chi connectivity index (χ1) is 11.8. The first-order valence-corrected chi connectivity index (χ1v) is 8.29. The standard InChI is InChI=1S/C19H22N4O2/c1-19(2,3)15-6-4-13(5-7-15)18(25)21-9-17(24)23-10-14-8-20-12-22-16(14)11-23/h4-8,12H,9-11H2,1-3H3,(H,21,25). The molecule has 1 aromatic carbocycles. The van der Waals surface area contributed by atoms with E-state index in [4.69, 9.17) is 0 Å². The highest BCUT2D eigenvalue weighted by molar-refractivity contribution is 5.96. The highest BCUT2D eigenvalue weighted by atomic mass is 16.2. The van der Waals surface area contributed by atoms with Crippen LogP contribution in [-0.2, 0) is 23.3 Å². The number of carbonyl (C=O) groups excluding carboxylic acids is 2. The van der Waals surface area contributed by atoms with E-state index < -0.39 is 0 Å². The van der Waals surface area contributed by atoms with E-state index in [1.54, 1.807) is 23.2 Å². The van der Waals surface area contributed by atoms with Gasteiger partial charge in [0.2, 0.25) is 5.91 Å². The van der Waals surface area contributed by atoms with Crippen LogP contribution >= 0.6 is 0 Å². The highest BCUT2D eigenvalue weighted by Crippen LogP contribution is 2.22. The average Bonchev–Trinajstić information content (AvgIpc) is 3.03. The fourth-order valence-electron chi connectivity index (χ4n) is 2.77. The molecule has 0 atom stereocenters. The van der Waals surface area contributed by atoms with Gasteiger partial charge in [0.15, 0.2) is 0 Å². The van der Waals surface area contributed by atoms with Crippen LogP contribution < -0.4 is 5.32 Å². The maximum Gasteiger partial charge on any atom is 0.251 e. The molecule has 2 amide bonds. The molecule has 2 heterocycles.